The summed E-state index contributed by atoms with van der Waals surface area (Å²) in [4.78, 5) is 17.0. The van der Waals surface area contributed by atoms with E-state index >= 15 is 0 Å². The minimum Gasteiger partial charge on any atom is -0.289 e. The highest BCUT2D eigenvalue weighted by Gasteiger charge is 2.15. The number of nitrogens with zero attached hydrogens (tertiary/aromatic N) is 1. The van der Waals surface area contributed by atoms with Crippen molar-refractivity contribution in [1.82, 2.24) is 4.98 Å². The van der Waals surface area contributed by atoms with Gasteiger partial charge in [-0.2, -0.15) is 0 Å². The second kappa shape index (κ2) is 5.35. The molecule has 3 rings (SSSR count). The fourth-order valence-electron chi connectivity index (χ4n) is 2.12. The van der Waals surface area contributed by atoms with Gasteiger partial charge in [0.15, 0.2) is 5.78 Å². The molecular weight excluding hydrogens is 338 g/mol. The quantitative estimate of drug-likeness (QED) is 0.619. The van der Waals surface area contributed by atoms with Crippen LogP contribution in [0.2, 0.25) is 5.02 Å². The van der Waals surface area contributed by atoms with Crippen LogP contribution in [0.25, 0.3) is 10.9 Å². The number of fused-ring (bicyclic) bond motifs is 1. The van der Waals surface area contributed by atoms with E-state index in [1.165, 1.54) is 0 Å². The van der Waals surface area contributed by atoms with Gasteiger partial charge in [-0.1, -0.05) is 45.7 Å². The molecular formula is C16H9BrClNO. The molecule has 0 atom stereocenters. The largest absolute Gasteiger partial charge is 0.289 e. The van der Waals surface area contributed by atoms with Crippen molar-refractivity contribution in [2.45, 2.75) is 0 Å². The molecule has 0 saturated heterocycles. The monoisotopic (exact) mass is 345 g/mol. The number of aromatic nitrogens is 1. The highest BCUT2D eigenvalue weighted by molar-refractivity contribution is 9.10. The van der Waals surface area contributed by atoms with Crippen LogP contribution in [0.15, 0.2) is 59.2 Å². The van der Waals surface area contributed by atoms with Gasteiger partial charge in [0.25, 0.3) is 0 Å². The van der Waals surface area contributed by atoms with E-state index in [0.717, 1.165) is 15.4 Å². The molecule has 1 heterocycles. The molecule has 0 fully saturated rings. The van der Waals surface area contributed by atoms with Gasteiger partial charge in [-0.3, -0.25) is 9.78 Å². The van der Waals surface area contributed by atoms with Crippen molar-refractivity contribution in [2.75, 3.05) is 0 Å². The molecule has 20 heavy (non-hydrogen) atoms. The summed E-state index contributed by atoms with van der Waals surface area (Å²) >= 11 is 9.50. The Bertz CT molecular complexity index is 811. The molecule has 0 N–H and O–H groups in total. The molecule has 0 saturated carbocycles. The first-order valence-electron chi connectivity index (χ1n) is 6.00. The Hall–Kier alpha value is -1.71. The van der Waals surface area contributed by atoms with Crippen molar-refractivity contribution >= 4 is 44.2 Å². The lowest BCUT2D eigenvalue weighted by molar-refractivity contribution is 0.104. The summed E-state index contributed by atoms with van der Waals surface area (Å²) in [6.07, 6.45) is 1.71. The molecule has 0 amide bonds. The summed E-state index contributed by atoms with van der Waals surface area (Å²) in [5, 5.41) is 1.27. The molecule has 2 aromatic carbocycles. The number of benzene rings is 2. The average Bonchev–Trinajstić information content (AvgIpc) is 2.48. The molecule has 2 nitrogen and oxygen atoms in total. The highest BCUT2D eigenvalue weighted by atomic mass is 79.9. The lowest BCUT2D eigenvalue weighted by Crippen LogP contribution is -2.03. The maximum absolute atomic E-state index is 12.7. The molecule has 0 aliphatic rings. The van der Waals surface area contributed by atoms with E-state index in [4.69, 9.17) is 11.6 Å². The fourth-order valence-corrected chi connectivity index (χ4v) is 2.68. The molecule has 0 spiro atoms. The Morgan fingerprint density at radius 2 is 1.90 bits per heavy atom. The molecule has 0 unspecified atom stereocenters. The standard InChI is InChI=1S/C16H9BrClNO/c17-10-6-7-14(18)13(9-10)16(20)12-3-1-5-15-11(12)4-2-8-19-15/h1-9H. The summed E-state index contributed by atoms with van der Waals surface area (Å²) in [5.41, 5.74) is 1.89. The van der Waals surface area contributed by atoms with Gasteiger partial charge < -0.3 is 0 Å². The van der Waals surface area contributed by atoms with Crippen LogP contribution in [0, 0.1) is 0 Å². The van der Waals surface area contributed by atoms with E-state index < -0.39 is 0 Å². The molecule has 4 heteroatoms. The number of pyridine rings is 1. The van der Waals surface area contributed by atoms with E-state index in [2.05, 4.69) is 20.9 Å². The van der Waals surface area contributed by atoms with E-state index in [1.807, 2.05) is 30.3 Å². The third-order valence-corrected chi connectivity index (χ3v) is 3.89. The first-order chi connectivity index (χ1) is 9.66. The molecule has 0 bridgehead atoms. The third-order valence-electron chi connectivity index (χ3n) is 3.06. The number of carbonyl (C=O) groups excluding carboxylic acids is 1. The molecule has 1 aromatic heterocycles. The number of ketones is 1. The number of hydrogen-bond acceptors (Lipinski definition) is 2. The van der Waals surface area contributed by atoms with Crippen LogP contribution in [-0.4, -0.2) is 10.8 Å². The van der Waals surface area contributed by atoms with Crippen LogP contribution < -0.4 is 0 Å². The fraction of sp³-hybridized carbons (Fsp3) is 0. The molecule has 0 radical (unpaired) electrons. The topological polar surface area (TPSA) is 30.0 Å². The van der Waals surface area contributed by atoms with Crippen molar-refractivity contribution in [3.05, 3.63) is 75.4 Å². The maximum atomic E-state index is 12.7. The number of halogens is 2. The minimum atomic E-state index is -0.102. The number of carbonyl (C=O) groups is 1. The SMILES string of the molecule is O=C(c1cc(Br)ccc1Cl)c1cccc2ncccc12. The summed E-state index contributed by atoms with van der Waals surface area (Å²) in [6.45, 7) is 0. The minimum absolute atomic E-state index is 0.102. The third kappa shape index (κ3) is 2.35. The van der Waals surface area contributed by atoms with Crippen LogP contribution in [0.3, 0.4) is 0 Å². The van der Waals surface area contributed by atoms with Gasteiger partial charge in [-0.25, -0.2) is 0 Å². The van der Waals surface area contributed by atoms with Crippen molar-refractivity contribution < 1.29 is 4.79 Å². The summed E-state index contributed by atoms with van der Waals surface area (Å²) in [6, 6.07) is 14.5. The summed E-state index contributed by atoms with van der Waals surface area (Å²) < 4.78 is 0.823. The normalized spacial score (nSPS) is 10.7. The van der Waals surface area contributed by atoms with Gasteiger partial charge in [0.2, 0.25) is 0 Å². The van der Waals surface area contributed by atoms with Crippen LogP contribution >= 0.6 is 27.5 Å². The Kier molecular flexibility index (Phi) is 3.55. The lowest BCUT2D eigenvalue weighted by Gasteiger charge is -2.07. The van der Waals surface area contributed by atoms with Gasteiger partial charge in [-0.15, -0.1) is 0 Å². The van der Waals surface area contributed by atoms with Gasteiger partial charge in [0.05, 0.1) is 10.5 Å². The predicted molar refractivity (Wildman–Crippen MR) is 84.3 cm³/mol. The zero-order chi connectivity index (χ0) is 14.1. The van der Waals surface area contributed by atoms with E-state index in [1.54, 1.807) is 24.4 Å². The van der Waals surface area contributed by atoms with Crippen LogP contribution in [0.1, 0.15) is 15.9 Å². The predicted octanol–water partition coefficient (Wildman–Crippen LogP) is 4.88. The number of rotatable bonds is 2. The second-order valence-corrected chi connectivity index (χ2v) is 5.65. The van der Waals surface area contributed by atoms with Gasteiger partial charge in [0.1, 0.15) is 0 Å². The van der Waals surface area contributed by atoms with Gasteiger partial charge >= 0.3 is 0 Å². The Morgan fingerprint density at radius 3 is 2.75 bits per heavy atom. The van der Waals surface area contributed by atoms with E-state index in [9.17, 15) is 4.79 Å². The Labute approximate surface area is 129 Å². The van der Waals surface area contributed by atoms with E-state index in [-0.39, 0.29) is 5.78 Å². The average molecular weight is 347 g/mol. The first kappa shape index (κ1) is 13.3. The molecule has 98 valence electrons. The first-order valence-corrected chi connectivity index (χ1v) is 7.17. The maximum Gasteiger partial charge on any atom is 0.195 e. The van der Waals surface area contributed by atoms with Crippen molar-refractivity contribution in [3.8, 4) is 0 Å². The number of hydrogen-bond donors (Lipinski definition) is 0. The van der Waals surface area contributed by atoms with Crippen molar-refractivity contribution in [2.24, 2.45) is 0 Å². The van der Waals surface area contributed by atoms with E-state index in [0.29, 0.717) is 16.1 Å². The zero-order valence-corrected chi connectivity index (χ0v) is 12.6. The lowest BCUT2D eigenvalue weighted by atomic mass is 9.99. The highest BCUT2D eigenvalue weighted by Crippen LogP contribution is 2.26. The Balaban J connectivity index is 2.20. The summed E-state index contributed by atoms with van der Waals surface area (Å²) in [7, 11) is 0. The summed E-state index contributed by atoms with van der Waals surface area (Å²) in [5.74, 6) is -0.102. The van der Waals surface area contributed by atoms with Crippen LogP contribution in [0.4, 0.5) is 0 Å². The van der Waals surface area contributed by atoms with Crippen LogP contribution in [0.5, 0.6) is 0 Å². The molecule has 0 aliphatic heterocycles. The Morgan fingerprint density at radius 1 is 1.05 bits per heavy atom. The van der Waals surface area contributed by atoms with Gasteiger partial charge in [0, 0.05) is 27.2 Å². The molecule has 0 aliphatic carbocycles. The van der Waals surface area contributed by atoms with Gasteiger partial charge in [-0.05, 0) is 30.3 Å². The molecule has 3 aromatic rings. The van der Waals surface area contributed by atoms with Crippen molar-refractivity contribution in [1.29, 1.82) is 0 Å². The second-order valence-electron chi connectivity index (χ2n) is 4.33. The smallest absolute Gasteiger partial charge is 0.195 e. The van der Waals surface area contributed by atoms with Crippen LogP contribution in [-0.2, 0) is 0 Å². The zero-order valence-electron chi connectivity index (χ0n) is 10.3. The van der Waals surface area contributed by atoms with Crippen molar-refractivity contribution in [3.63, 3.8) is 0 Å².